The van der Waals surface area contributed by atoms with E-state index in [1.54, 1.807) is 67.0 Å². The molecule has 7 saturated carbocycles. The first kappa shape index (κ1) is 82.6. The van der Waals surface area contributed by atoms with Gasteiger partial charge in [-0.2, -0.15) is 17.6 Å². The molecule has 24 heteroatoms. The van der Waals surface area contributed by atoms with Gasteiger partial charge in [0, 0.05) is 101 Å². The summed E-state index contributed by atoms with van der Waals surface area (Å²) in [6.07, 6.45) is 33.7. The minimum Gasteiger partial charge on any atom is -0.497 e. The van der Waals surface area contributed by atoms with Gasteiger partial charge in [-0.1, -0.05) is 132 Å². The van der Waals surface area contributed by atoms with Crippen LogP contribution in [0.4, 0.5) is 43.9 Å². The van der Waals surface area contributed by atoms with Crippen LogP contribution in [-0.4, -0.2) is 218 Å². The highest BCUT2D eigenvalue weighted by Crippen LogP contribution is 2.65. The monoisotopic (exact) mass is 2100 g/mol. The second kappa shape index (κ2) is 42.6. The summed E-state index contributed by atoms with van der Waals surface area (Å²) in [6, 6.07) is 39.1. The van der Waals surface area contributed by atoms with Gasteiger partial charge in [0.2, 0.25) is 0 Å². The molecule has 0 radical (unpaired) electrons. The number of hydrogen-bond donors (Lipinski definition) is 0. The van der Waals surface area contributed by atoms with E-state index in [0.717, 1.165) is 220 Å². The summed E-state index contributed by atoms with van der Waals surface area (Å²) in [7, 11) is -0.685. The van der Waals surface area contributed by atoms with Gasteiger partial charge < -0.3 is 67.5 Å². The first-order valence-electron chi connectivity index (χ1n) is 67.7. The number of benzene rings is 7. The van der Waals surface area contributed by atoms with Crippen molar-refractivity contribution < 1.29 is 107 Å². The minimum atomic E-state index is -4.71. The van der Waals surface area contributed by atoms with Crippen molar-refractivity contribution in [3.05, 3.63) is 205 Å². The maximum Gasteiger partial charge on any atom is 0.573 e. The summed E-state index contributed by atoms with van der Waals surface area (Å²) in [4.78, 5) is 13.6. The van der Waals surface area contributed by atoms with Crippen LogP contribution in [0.15, 0.2) is 127 Å². The van der Waals surface area contributed by atoms with Crippen LogP contribution in [0.1, 0.15) is 333 Å². The molecule has 21 atom stereocenters. The molecule has 7 aliphatic heterocycles. The lowest BCUT2D eigenvalue weighted by molar-refractivity contribution is -0.275. The number of fused-ring (bicyclic) bond motifs is 7. The Balaban J connectivity index is 0.000000110. The minimum absolute atomic E-state index is 0.0101. The third kappa shape index (κ3) is 19.5. The lowest BCUT2D eigenvalue weighted by atomic mass is 9.52. The van der Waals surface area contributed by atoms with Crippen molar-refractivity contribution in [3.8, 4) is 40.2 Å². The molecule has 0 aromatic heterocycles. The van der Waals surface area contributed by atoms with E-state index in [9.17, 15) is 43.9 Å². The van der Waals surface area contributed by atoms with Gasteiger partial charge in [-0.3, -0.25) is 0 Å². The number of ether oxygens (including phenoxy) is 7. The molecule has 0 amide bonds. The summed E-state index contributed by atoms with van der Waals surface area (Å²) in [6.45, 7) is -11.0. The molecule has 0 spiro atoms. The zero-order chi connectivity index (χ0) is 123. The number of rotatable bonds is 9. The Bertz CT molecular complexity index is 6430. The molecular weight excluding hydrogens is 1910 g/mol. The number of alkyl halides is 10. The zero-order valence-corrected chi connectivity index (χ0v) is 86.9. The predicted octanol–water partition coefficient (Wildman–Crippen LogP) is 26.6. The molecule has 7 aromatic carbocycles. The van der Waals surface area contributed by atoms with E-state index in [4.69, 9.17) is 44.4 Å². The molecule has 7 unspecified atom stereocenters. The highest BCUT2D eigenvalue weighted by molar-refractivity contribution is 5.54. The Labute approximate surface area is 916 Å². The largest absolute Gasteiger partial charge is 0.573 e. The van der Waals surface area contributed by atoms with Crippen LogP contribution in [0.2, 0.25) is 0 Å². The van der Waals surface area contributed by atoms with Crippen LogP contribution in [-0.2, 0) is 82.9 Å². The third-order valence-corrected chi connectivity index (χ3v) is 42.5. The van der Waals surface area contributed by atoms with Crippen molar-refractivity contribution in [2.75, 3.05) is 116 Å². The van der Waals surface area contributed by atoms with Crippen LogP contribution in [0.5, 0.6) is 40.2 Å². The number of piperidine rings is 7. The van der Waals surface area contributed by atoms with E-state index in [-0.39, 0.29) is 97.2 Å². The molecule has 7 saturated heterocycles. The molecule has 7 heterocycles. The van der Waals surface area contributed by atoms with Gasteiger partial charge in [-0.15, -0.1) is 26.3 Å². The average Bonchev–Trinajstić information content (AvgIpc) is 0.697. The normalized spacial score (nSPS) is 37.5. The Morgan fingerprint density at radius 1 is 0.253 bits per heavy atom. The highest BCUT2D eigenvalue weighted by Gasteiger charge is 2.62. The maximum absolute atomic E-state index is 12.6. The summed E-state index contributed by atoms with van der Waals surface area (Å²) in [5.41, 5.74) is 16.5. The summed E-state index contributed by atoms with van der Waals surface area (Å²) in [5, 5.41) is 0. The van der Waals surface area contributed by atoms with Gasteiger partial charge in [0.1, 0.15) is 40.2 Å². The summed E-state index contributed by atoms with van der Waals surface area (Å²) in [5.74, 6) is 4.64. The molecule has 21 aliphatic rings. The molecule has 816 valence electrons. The topological polar surface area (TPSA) is 87.3 Å². The van der Waals surface area contributed by atoms with Crippen LogP contribution in [0.25, 0.3) is 0 Å². The number of halogens is 10. The highest BCUT2D eigenvalue weighted by atomic mass is 19.4. The van der Waals surface area contributed by atoms with E-state index in [2.05, 4.69) is 42.8 Å². The van der Waals surface area contributed by atoms with Crippen molar-refractivity contribution in [2.45, 2.75) is 376 Å². The quantitative estimate of drug-likeness (QED) is 0.129. The van der Waals surface area contributed by atoms with Crippen molar-refractivity contribution in [1.29, 1.82) is 0 Å². The van der Waals surface area contributed by atoms with E-state index in [1.165, 1.54) is 127 Å². The fourth-order valence-corrected chi connectivity index (χ4v) is 36.2. The summed E-state index contributed by atoms with van der Waals surface area (Å²) < 4.78 is 330. The Morgan fingerprint density at radius 2 is 0.447 bits per heavy atom. The SMILES string of the molecule is CN1CC[C@@]23CCCC[C@@H]2C1Cc1ccc(OC(F)(F)F)cc13.CN1CC[C@@]23CCCC[C@@H]2C1Cc1ccc(OC(F)F)cc13.[2H]C([2H])([2H])N1CC[C@@]23CCCC[C@@H]2C1Cc1ccc(OC(F)(F)F)cc13.[2H]C([2H])([2H])N1CC[C@@]23CCCC[C@@H]2C1Cc1ccc(OC(F)F)cc13.[2H]C([2H])([2H])Oc1ccc2c(c1)[C@]13CCCC[C@@H]1C(C2)N(C([2H])([2H])[2H])CC3.[2H]C([2H])Oc1ccc2c(c1)[C@]13CCCC[C@@H]1C(C2)N(C([2H])([2H])[2H])CC3.[2H]C([2H])Oc1ccc2c(c1)[C@]13CCCC[C@@H]1C(C2)N(C([2H])([2H])[2H])CC3. The molecule has 0 N–H and O–H groups in total. The second-order valence-corrected chi connectivity index (χ2v) is 48.6. The maximum atomic E-state index is 12.6. The van der Waals surface area contributed by atoms with E-state index in [0.29, 0.717) is 123 Å². The number of hydrogen-bond acceptors (Lipinski definition) is 14. The fourth-order valence-electron chi connectivity index (χ4n) is 36.2. The average molecular weight is 2100 g/mol. The zero-order valence-electron chi connectivity index (χ0n) is 109. The Hall–Kier alpha value is -7.84. The van der Waals surface area contributed by atoms with Gasteiger partial charge in [0.25, 0.3) is 0 Å². The first-order chi connectivity index (χ1) is 81.1. The lowest BCUT2D eigenvalue weighted by Crippen LogP contribution is -2.59. The number of nitrogens with zero attached hydrogens (tertiary/aromatic N) is 7. The van der Waals surface area contributed by atoms with Gasteiger partial charge in [0.15, 0.2) is 0 Å². The Kier molecular flexibility index (Phi) is 23.5. The second-order valence-electron chi connectivity index (χ2n) is 48.6. The van der Waals surface area contributed by atoms with Crippen LogP contribution < -0.4 is 33.2 Å². The molecule has 150 heavy (non-hydrogen) atoms. The van der Waals surface area contributed by atoms with Crippen LogP contribution in [0, 0.1) is 41.4 Å². The number of methoxy groups -OCH3 is 3. The number of likely N-dealkylation sites (tertiary alicyclic amines) is 7. The molecular formula is C126H165F10N7O7. The van der Waals surface area contributed by atoms with Crippen molar-refractivity contribution in [3.63, 3.8) is 0 Å². The molecule has 14 aliphatic carbocycles. The fraction of sp³-hybridized carbons (Fsp3) is 0.667. The molecule has 14 nitrogen and oxygen atoms in total. The van der Waals surface area contributed by atoms with Gasteiger partial charge in [0.05, 0.1) is 30.8 Å². The van der Waals surface area contributed by atoms with E-state index < -0.39 is 82.0 Å². The van der Waals surface area contributed by atoms with E-state index >= 15 is 0 Å². The molecule has 14 fully saturated rings. The van der Waals surface area contributed by atoms with Gasteiger partial charge in [-0.25, -0.2) is 0 Å². The predicted molar refractivity (Wildman–Crippen MR) is 570 cm³/mol. The smallest absolute Gasteiger partial charge is 0.497 e. The van der Waals surface area contributed by atoms with Crippen LogP contribution >= 0.6 is 0 Å². The molecule has 28 rings (SSSR count). The van der Waals surface area contributed by atoms with Crippen molar-refractivity contribution >= 4 is 0 Å². The third-order valence-electron chi connectivity index (χ3n) is 42.5. The lowest BCUT2D eigenvalue weighted by Gasteiger charge is -2.58. The van der Waals surface area contributed by atoms with Gasteiger partial charge >= 0.3 is 25.9 Å². The van der Waals surface area contributed by atoms with Crippen molar-refractivity contribution in [2.24, 2.45) is 41.4 Å². The first-order valence-corrected chi connectivity index (χ1v) is 56.4. The van der Waals surface area contributed by atoms with Crippen LogP contribution in [0.3, 0.4) is 0 Å². The Morgan fingerprint density at radius 3 is 0.653 bits per heavy atom. The summed E-state index contributed by atoms with van der Waals surface area (Å²) >= 11 is 0. The van der Waals surface area contributed by atoms with Gasteiger partial charge in [-0.05, 0) is 479 Å². The molecule has 7 aromatic rings. The standard InChI is InChI=1S/2C18H22F3NO.2C18H23F2NO.3C18H25NO/c2*1-22-9-8-17-7-3-2-4-14(17)16(22)10-12-5-6-13(11-15(12)17)23-18(19,20)21;2*1-21-9-8-18-7-3-2-4-14(18)16(21)10-12-5-6-13(11-15(12)18)22-17(19)20;3*1-19-10-9-18-8-4-3-5-15(18)17(19)11-13-6-7-14(20-2)12-16(13)18/h2*5-6,11,14,16H,2-4,7-10H2,1H3;2*5-6,11,14,16-17H,2-4,7-10H2,1H3;3*6-7,12,15,17H,3-5,8-11H2,1-2H3/t2*14-,16?,17+;2*14-,16?,18+;3*15-,17?,18+/m1111111/s1/i1D3;;1D3;;1D3,2D3;2*1D3,2D2. The number of likely N-dealkylation sites (N-methyl/N-ethyl adjacent to an activating group) is 7. The van der Waals surface area contributed by atoms with E-state index in [1.807, 2.05) is 72.8 Å². The van der Waals surface area contributed by atoms with Crippen molar-refractivity contribution in [1.82, 2.24) is 34.3 Å². The molecule has 14 bridgehead atoms.